The normalized spacial score (nSPS) is 11.8. The van der Waals surface area contributed by atoms with Gasteiger partial charge in [0, 0.05) is 10.9 Å². The van der Waals surface area contributed by atoms with Crippen LogP contribution in [0.5, 0.6) is 5.75 Å². The van der Waals surface area contributed by atoms with E-state index in [1.807, 2.05) is 0 Å². The van der Waals surface area contributed by atoms with Crippen LogP contribution in [0, 0.1) is 0 Å². The zero-order chi connectivity index (χ0) is 15.0. The summed E-state index contributed by atoms with van der Waals surface area (Å²) in [6.07, 6.45) is -3.10. The highest BCUT2D eigenvalue weighted by molar-refractivity contribution is 5.95. The maximum atomic E-state index is 12.6. The number of halogens is 3. The molecule has 0 atom stereocenters. The van der Waals surface area contributed by atoms with Gasteiger partial charge in [0.05, 0.1) is 11.3 Å². The molecule has 3 rings (SSSR count). The van der Waals surface area contributed by atoms with Crippen LogP contribution in [0.25, 0.3) is 22.2 Å². The van der Waals surface area contributed by atoms with Crippen molar-refractivity contribution in [2.24, 2.45) is 0 Å². The molecule has 0 spiro atoms. The predicted molar refractivity (Wildman–Crippen MR) is 71.6 cm³/mol. The number of fused-ring (bicyclic) bond motifs is 1. The van der Waals surface area contributed by atoms with Crippen LogP contribution >= 0.6 is 0 Å². The molecule has 1 heterocycles. The number of aromatic nitrogens is 2. The van der Waals surface area contributed by atoms with E-state index in [0.29, 0.717) is 22.2 Å². The van der Waals surface area contributed by atoms with Crippen LogP contribution in [0.2, 0.25) is 0 Å². The second kappa shape index (κ2) is 4.73. The van der Waals surface area contributed by atoms with Crippen molar-refractivity contribution >= 4 is 10.9 Å². The molecule has 106 valence electrons. The SMILES string of the molecule is Oc1cccc2c(-c3ccc(C(F)(F)F)cc3)ncnc12. The molecule has 0 saturated carbocycles. The Morgan fingerprint density at radius 1 is 0.905 bits per heavy atom. The maximum absolute atomic E-state index is 12.6. The second-order valence-corrected chi connectivity index (χ2v) is 4.47. The van der Waals surface area contributed by atoms with Crippen LogP contribution in [0.3, 0.4) is 0 Å². The van der Waals surface area contributed by atoms with Gasteiger partial charge in [-0.1, -0.05) is 24.3 Å². The fourth-order valence-corrected chi connectivity index (χ4v) is 2.12. The molecule has 3 aromatic rings. The molecule has 0 aliphatic heterocycles. The second-order valence-electron chi connectivity index (χ2n) is 4.47. The van der Waals surface area contributed by atoms with Crippen LogP contribution in [0.15, 0.2) is 48.8 Å². The summed E-state index contributed by atoms with van der Waals surface area (Å²) in [5.41, 5.74) is 0.653. The Labute approximate surface area is 117 Å². The van der Waals surface area contributed by atoms with Gasteiger partial charge in [0.15, 0.2) is 0 Å². The molecule has 0 aliphatic carbocycles. The topological polar surface area (TPSA) is 46.0 Å². The van der Waals surface area contributed by atoms with E-state index in [4.69, 9.17) is 0 Å². The van der Waals surface area contributed by atoms with Gasteiger partial charge in [0.25, 0.3) is 0 Å². The number of hydrogen-bond acceptors (Lipinski definition) is 3. The standard InChI is InChI=1S/C15H9F3N2O/c16-15(17,18)10-6-4-9(5-7-10)13-11-2-1-3-12(21)14(11)20-8-19-13/h1-8,21H. The van der Waals surface area contributed by atoms with Crippen molar-refractivity contribution in [3.63, 3.8) is 0 Å². The summed E-state index contributed by atoms with van der Waals surface area (Å²) in [7, 11) is 0. The first kappa shape index (κ1) is 13.4. The molecular weight excluding hydrogens is 281 g/mol. The zero-order valence-corrected chi connectivity index (χ0v) is 10.6. The predicted octanol–water partition coefficient (Wildman–Crippen LogP) is 4.02. The molecule has 0 radical (unpaired) electrons. The Kier molecular flexibility index (Phi) is 3.01. The quantitative estimate of drug-likeness (QED) is 0.736. The van der Waals surface area contributed by atoms with E-state index in [1.165, 1.54) is 24.5 Å². The lowest BCUT2D eigenvalue weighted by Crippen LogP contribution is -2.04. The van der Waals surface area contributed by atoms with Crippen LogP contribution in [-0.2, 0) is 6.18 Å². The highest BCUT2D eigenvalue weighted by Gasteiger charge is 2.30. The highest BCUT2D eigenvalue weighted by Crippen LogP contribution is 2.33. The molecule has 3 nitrogen and oxygen atoms in total. The van der Waals surface area contributed by atoms with E-state index >= 15 is 0 Å². The number of phenolic OH excluding ortho intramolecular Hbond substituents is 1. The number of para-hydroxylation sites is 1. The summed E-state index contributed by atoms with van der Waals surface area (Å²) in [5.74, 6) is 0.00283. The molecule has 2 aromatic carbocycles. The molecular formula is C15H9F3N2O. The molecule has 0 saturated heterocycles. The Balaban J connectivity index is 2.15. The van der Waals surface area contributed by atoms with Gasteiger partial charge in [-0.3, -0.25) is 0 Å². The minimum Gasteiger partial charge on any atom is -0.506 e. The van der Waals surface area contributed by atoms with Crippen molar-refractivity contribution in [2.75, 3.05) is 0 Å². The number of phenols is 1. The fraction of sp³-hybridized carbons (Fsp3) is 0.0667. The number of alkyl halides is 3. The lowest BCUT2D eigenvalue weighted by molar-refractivity contribution is -0.137. The van der Waals surface area contributed by atoms with Gasteiger partial charge in [-0.15, -0.1) is 0 Å². The van der Waals surface area contributed by atoms with Gasteiger partial charge in [-0.25, -0.2) is 9.97 Å². The van der Waals surface area contributed by atoms with Crippen molar-refractivity contribution in [1.29, 1.82) is 0 Å². The van der Waals surface area contributed by atoms with E-state index in [2.05, 4.69) is 9.97 Å². The number of aromatic hydroxyl groups is 1. The summed E-state index contributed by atoms with van der Waals surface area (Å²) in [6.45, 7) is 0. The largest absolute Gasteiger partial charge is 0.506 e. The van der Waals surface area contributed by atoms with Gasteiger partial charge in [0.2, 0.25) is 0 Å². The average Bonchev–Trinajstić information content (AvgIpc) is 2.46. The van der Waals surface area contributed by atoms with Gasteiger partial charge in [-0.05, 0) is 18.2 Å². The van der Waals surface area contributed by atoms with Gasteiger partial charge in [-0.2, -0.15) is 13.2 Å². The third kappa shape index (κ3) is 2.40. The van der Waals surface area contributed by atoms with Crippen LogP contribution in [-0.4, -0.2) is 15.1 Å². The van der Waals surface area contributed by atoms with E-state index in [9.17, 15) is 18.3 Å². The Hall–Kier alpha value is -2.63. The van der Waals surface area contributed by atoms with Crippen molar-refractivity contribution < 1.29 is 18.3 Å². The summed E-state index contributed by atoms with van der Waals surface area (Å²) < 4.78 is 37.7. The van der Waals surface area contributed by atoms with E-state index in [1.54, 1.807) is 12.1 Å². The number of hydrogen-bond donors (Lipinski definition) is 1. The fourth-order valence-electron chi connectivity index (χ4n) is 2.12. The first-order chi connectivity index (χ1) is 9.97. The molecule has 0 fully saturated rings. The zero-order valence-electron chi connectivity index (χ0n) is 10.6. The van der Waals surface area contributed by atoms with E-state index in [0.717, 1.165) is 12.1 Å². The number of nitrogens with zero attached hydrogens (tertiary/aromatic N) is 2. The number of benzene rings is 2. The van der Waals surface area contributed by atoms with Crippen molar-refractivity contribution in [1.82, 2.24) is 9.97 Å². The van der Waals surface area contributed by atoms with E-state index in [-0.39, 0.29) is 5.75 Å². The number of rotatable bonds is 1. The summed E-state index contributed by atoms with van der Waals surface area (Å²) in [6, 6.07) is 9.56. The molecule has 0 amide bonds. The third-order valence-electron chi connectivity index (χ3n) is 3.13. The minimum atomic E-state index is -4.37. The van der Waals surface area contributed by atoms with Crippen molar-refractivity contribution in [2.45, 2.75) is 6.18 Å². The summed E-state index contributed by atoms with van der Waals surface area (Å²) in [4.78, 5) is 8.09. The minimum absolute atomic E-state index is 0.00283. The molecule has 1 aromatic heterocycles. The van der Waals surface area contributed by atoms with Gasteiger partial charge >= 0.3 is 6.18 Å². The van der Waals surface area contributed by atoms with Crippen LogP contribution in [0.1, 0.15) is 5.56 Å². The molecule has 0 aliphatic rings. The summed E-state index contributed by atoms with van der Waals surface area (Å²) >= 11 is 0. The first-order valence-corrected chi connectivity index (χ1v) is 6.07. The monoisotopic (exact) mass is 290 g/mol. The lowest BCUT2D eigenvalue weighted by Gasteiger charge is -2.09. The maximum Gasteiger partial charge on any atom is 0.416 e. The van der Waals surface area contributed by atoms with Crippen LogP contribution < -0.4 is 0 Å². The molecule has 1 N–H and O–H groups in total. The van der Waals surface area contributed by atoms with E-state index < -0.39 is 11.7 Å². The molecule has 0 unspecified atom stereocenters. The van der Waals surface area contributed by atoms with Crippen LogP contribution in [0.4, 0.5) is 13.2 Å². The Morgan fingerprint density at radius 2 is 1.62 bits per heavy atom. The van der Waals surface area contributed by atoms with Gasteiger partial charge in [0.1, 0.15) is 17.6 Å². The summed E-state index contributed by atoms with van der Waals surface area (Å²) in [5, 5.41) is 10.3. The van der Waals surface area contributed by atoms with Crippen molar-refractivity contribution in [3.8, 4) is 17.0 Å². The lowest BCUT2D eigenvalue weighted by atomic mass is 10.0. The molecule has 21 heavy (non-hydrogen) atoms. The van der Waals surface area contributed by atoms with Crippen molar-refractivity contribution in [3.05, 3.63) is 54.4 Å². The first-order valence-electron chi connectivity index (χ1n) is 6.07. The smallest absolute Gasteiger partial charge is 0.416 e. The average molecular weight is 290 g/mol. The van der Waals surface area contributed by atoms with Gasteiger partial charge < -0.3 is 5.11 Å². The Bertz CT molecular complexity index is 798. The Morgan fingerprint density at radius 3 is 2.29 bits per heavy atom. The third-order valence-corrected chi connectivity index (χ3v) is 3.13. The molecule has 0 bridgehead atoms. The molecule has 6 heteroatoms. The highest BCUT2D eigenvalue weighted by atomic mass is 19.4.